The number of hydrogen-bond acceptors (Lipinski definition) is 4. The summed E-state index contributed by atoms with van der Waals surface area (Å²) in [6, 6.07) is 0. The summed E-state index contributed by atoms with van der Waals surface area (Å²) < 4.78 is 0. The van der Waals surface area contributed by atoms with Crippen LogP contribution in [-0.2, 0) is 0 Å². The summed E-state index contributed by atoms with van der Waals surface area (Å²) in [5, 5.41) is 42.8. The summed E-state index contributed by atoms with van der Waals surface area (Å²) >= 11 is 0. The van der Waals surface area contributed by atoms with E-state index in [1.54, 1.807) is 55.4 Å². The van der Waals surface area contributed by atoms with Crippen molar-refractivity contribution in [2.75, 3.05) is 0 Å². The molecule has 29 heavy (non-hydrogen) atoms. The second-order valence-corrected chi connectivity index (χ2v) is 10.0. The topological polar surface area (TPSA) is 92.2 Å². The molecule has 0 atom stereocenters. The zero-order chi connectivity index (χ0) is 23.7. The van der Waals surface area contributed by atoms with E-state index >= 15 is 0 Å². The van der Waals surface area contributed by atoms with Crippen LogP contribution in [0.5, 0.6) is 0 Å². The molecule has 0 fully saturated rings. The van der Waals surface area contributed by atoms with Crippen molar-refractivity contribution in [3.05, 3.63) is 0 Å². The van der Waals surface area contributed by atoms with E-state index in [1.807, 2.05) is 27.7 Å². The summed E-state index contributed by atoms with van der Waals surface area (Å²) in [5.41, 5.74) is -2.80. The van der Waals surface area contributed by atoms with Crippen molar-refractivity contribution in [3.8, 4) is 0 Å². The maximum Gasteiger partial charge on any atom is 4.00 e. The van der Waals surface area contributed by atoms with Gasteiger partial charge in [0, 0.05) is 0 Å². The van der Waals surface area contributed by atoms with E-state index in [2.05, 4.69) is 0 Å². The second-order valence-electron chi connectivity index (χ2n) is 10.0. The zero-order valence-electron chi connectivity index (χ0n) is 21.8. The molecule has 0 aromatic carbocycles. The van der Waals surface area contributed by atoms with Crippen LogP contribution in [0.1, 0.15) is 134 Å². The molecule has 0 bridgehead atoms. The van der Waals surface area contributed by atoms with Crippen LogP contribution in [0.3, 0.4) is 0 Å². The van der Waals surface area contributed by atoms with Crippen molar-refractivity contribution in [2.24, 2.45) is 0 Å². The van der Waals surface area contributed by atoms with E-state index in [-0.39, 0.29) is 11.0 Å². The predicted molar refractivity (Wildman–Crippen MR) is 122 cm³/mol. The molecule has 0 aliphatic heterocycles. The van der Waals surface area contributed by atoms with E-state index in [0.29, 0.717) is 0 Å². The van der Waals surface area contributed by atoms with Gasteiger partial charge in [-0.1, -0.05) is 134 Å². The largest absolute Gasteiger partial charge is 4.00 e. The number of rotatable bonds is 8. The Morgan fingerprint density at radius 1 is 0.379 bits per heavy atom. The molecule has 0 spiro atoms. The third-order valence-corrected chi connectivity index (χ3v) is 3.41. The fourth-order valence-electron chi connectivity index (χ4n) is 2.41. The Balaban J connectivity index is -0.0000000873. The van der Waals surface area contributed by atoms with E-state index in [0.717, 1.165) is 51.4 Å². The quantitative estimate of drug-likeness (QED) is 0.550. The van der Waals surface area contributed by atoms with Gasteiger partial charge in [0.1, 0.15) is 0 Å². The van der Waals surface area contributed by atoms with Gasteiger partial charge in [-0.15, -0.1) is 22.4 Å². The molecule has 5 heteroatoms. The van der Waals surface area contributed by atoms with Crippen LogP contribution in [0.25, 0.3) is 0 Å². The molecule has 0 saturated carbocycles. The molecule has 0 saturated heterocycles. The minimum atomic E-state index is -0.700. The Morgan fingerprint density at radius 2 is 0.483 bits per heavy atom. The van der Waals surface area contributed by atoms with Gasteiger partial charge in [0.05, 0.1) is 0 Å². The fourth-order valence-corrected chi connectivity index (χ4v) is 2.41. The molecule has 4 nitrogen and oxygen atoms in total. The zero-order valence-corrected chi connectivity index (χ0v) is 22.8. The van der Waals surface area contributed by atoms with Gasteiger partial charge in [-0.3, -0.25) is 0 Å². The first-order chi connectivity index (χ1) is 12.2. The van der Waals surface area contributed by atoms with Gasteiger partial charge in [-0.2, -0.15) is 0 Å². The Kier molecular flexibility index (Phi) is 27.2. The van der Waals surface area contributed by atoms with Gasteiger partial charge >= 0.3 is 11.0 Å². The van der Waals surface area contributed by atoms with E-state index in [9.17, 15) is 20.4 Å². The average Bonchev–Trinajstić information content (AvgIpc) is 2.34. The van der Waals surface area contributed by atoms with Crippen LogP contribution in [0.4, 0.5) is 0 Å². The minimum Gasteiger partial charge on any atom is -0.850 e. The summed E-state index contributed by atoms with van der Waals surface area (Å²) in [7, 11) is 0. The Bertz CT molecular complexity index is 241. The second kappa shape index (κ2) is 20.0. The first-order valence-electron chi connectivity index (χ1n) is 11.1. The number of hydrogen-bond donors (Lipinski definition) is 0. The molecular formula is C24H52O4Si. The molecule has 0 heterocycles. The third-order valence-electron chi connectivity index (χ3n) is 3.41. The van der Waals surface area contributed by atoms with Crippen molar-refractivity contribution < 1.29 is 20.4 Å². The molecule has 0 aromatic rings. The molecule has 0 amide bonds. The summed E-state index contributed by atoms with van der Waals surface area (Å²) in [5.74, 6) is 0. The Morgan fingerprint density at radius 3 is 0.483 bits per heavy atom. The van der Waals surface area contributed by atoms with Crippen molar-refractivity contribution >= 4 is 11.0 Å². The molecule has 0 aliphatic rings. The minimum absolute atomic E-state index is 0. The summed E-state index contributed by atoms with van der Waals surface area (Å²) in [4.78, 5) is 0. The fraction of sp³-hybridized carbons (Fsp3) is 1.00. The van der Waals surface area contributed by atoms with Gasteiger partial charge in [0.2, 0.25) is 0 Å². The van der Waals surface area contributed by atoms with Gasteiger partial charge in [-0.05, 0) is 0 Å². The smallest absolute Gasteiger partial charge is 0.850 e. The normalized spacial score (nSPS) is 11.6. The summed E-state index contributed by atoms with van der Waals surface area (Å²) in [6.07, 6.45) is 7.12. The van der Waals surface area contributed by atoms with Crippen LogP contribution >= 0.6 is 0 Å². The predicted octanol–water partition coefficient (Wildman–Crippen LogP) is 3.32. The van der Waals surface area contributed by atoms with Crippen molar-refractivity contribution in [2.45, 2.75) is 157 Å². The molecule has 0 aromatic heterocycles. The molecular weight excluding hydrogens is 380 g/mol. The Labute approximate surface area is 188 Å². The van der Waals surface area contributed by atoms with E-state index in [4.69, 9.17) is 0 Å². The van der Waals surface area contributed by atoms with Crippen LogP contribution in [0, 0.1) is 0 Å². The van der Waals surface area contributed by atoms with Gasteiger partial charge in [-0.25, -0.2) is 0 Å². The van der Waals surface area contributed by atoms with E-state index in [1.165, 1.54) is 0 Å². The molecule has 176 valence electrons. The Hall–Kier alpha value is 0.0569. The van der Waals surface area contributed by atoms with Crippen molar-refractivity contribution in [1.82, 2.24) is 0 Å². The van der Waals surface area contributed by atoms with Gasteiger partial charge in [0.25, 0.3) is 0 Å². The van der Waals surface area contributed by atoms with E-state index < -0.39 is 22.4 Å². The SMILES string of the molecule is CCCC(C)(C)[O-].CCCC(C)(C)[O-].CCCC(C)(C)[O-].CCCC(C)(C)[O-].[Si+4]. The molecule has 0 N–H and O–H groups in total. The first kappa shape index (κ1) is 39.5. The van der Waals surface area contributed by atoms with Crippen LogP contribution in [-0.4, -0.2) is 33.4 Å². The van der Waals surface area contributed by atoms with Gasteiger partial charge < -0.3 is 20.4 Å². The van der Waals surface area contributed by atoms with Crippen LogP contribution < -0.4 is 20.4 Å². The van der Waals surface area contributed by atoms with Crippen LogP contribution in [0.15, 0.2) is 0 Å². The van der Waals surface area contributed by atoms with Crippen molar-refractivity contribution in [1.29, 1.82) is 0 Å². The molecule has 0 rings (SSSR count). The molecule has 0 unspecified atom stereocenters. The van der Waals surface area contributed by atoms with Crippen molar-refractivity contribution in [3.63, 3.8) is 0 Å². The maximum absolute atomic E-state index is 10.7. The average molecular weight is 433 g/mol. The maximum atomic E-state index is 10.7. The van der Waals surface area contributed by atoms with Gasteiger partial charge in [0.15, 0.2) is 0 Å². The third kappa shape index (κ3) is 73.9. The molecule has 0 radical (unpaired) electrons. The molecule has 0 aliphatic carbocycles. The monoisotopic (exact) mass is 432 g/mol. The van der Waals surface area contributed by atoms with Crippen LogP contribution in [0.2, 0.25) is 0 Å². The standard InChI is InChI=1S/4C6H13O.Si/c4*1-4-5-6(2,3)7;/h4*4-5H2,1-3H3;/q4*-1;+4. The first-order valence-corrected chi connectivity index (χ1v) is 11.1. The summed E-state index contributed by atoms with van der Waals surface area (Å²) in [6.45, 7) is 21.9.